The number of fused-ring (bicyclic) bond motifs is 1. The molecule has 6 heteroatoms. The van der Waals surface area contributed by atoms with Crippen molar-refractivity contribution in [2.24, 2.45) is 0 Å². The van der Waals surface area contributed by atoms with Gasteiger partial charge < -0.3 is 5.32 Å². The summed E-state index contributed by atoms with van der Waals surface area (Å²) in [6, 6.07) is 12.1. The molecule has 0 heterocycles. The number of carbonyl (C=O) groups excluding carboxylic acids is 1. The Labute approximate surface area is 186 Å². The molecule has 0 bridgehead atoms. The number of nitrogens with zero attached hydrogens (tertiary/aromatic N) is 1. The van der Waals surface area contributed by atoms with E-state index in [2.05, 4.69) is 23.5 Å². The van der Waals surface area contributed by atoms with Crippen LogP contribution in [0.3, 0.4) is 0 Å². The molecule has 1 aliphatic carbocycles. The number of aryl methyl sites for hydroxylation is 4. The number of anilines is 1. The number of amides is 1. The number of benzene rings is 2. The van der Waals surface area contributed by atoms with Crippen molar-refractivity contribution in [1.29, 1.82) is 0 Å². The van der Waals surface area contributed by atoms with Gasteiger partial charge in [-0.15, -0.1) is 0 Å². The van der Waals surface area contributed by atoms with Gasteiger partial charge in [0.25, 0.3) is 0 Å². The van der Waals surface area contributed by atoms with Crippen molar-refractivity contribution >= 4 is 21.6 Å². The van der Waals surface area contributed by atoms with Crippen molar-refractivity contribution in [3.63, 3.8) is 0 Å². The van der Waals surface area contributed by atoms with E-state index in [1.807, 2.05) is 39.0 Å². The maximum absolute atomic E-state index is 12.5. The minimum absolute atomic E-state index is 0.0567. The first-order chi connectivity index (χ1) is 14.6. The second-order valence-corrected chi connectivity index (χ2v) is 10.6. The van der Waals surface area contributed by atoms with Crippen molar-refractivity contribution in [2.45, 2.75) is 65.3 Å². The summed E-state index contributed by atoms with van der Waals surface area (Å²) in [5, 5.41) is 3.06. The monoisotopic (exact) mass is 442 g/mol. The van der Waals surface area contributed by atoms with Crippen LogP contribution >= 0.6 is 0 Å². The zero-order chi connectivity index (χ0) is 22.6. The lowest BCUT2D eigenvalue weighted by molar-refractivity contribution is -0.121. The van der Waals surface area contributed by atoms with Gasteiger partial charge in [0.15, 0.2) is 0 Å². The fourth-order valence-electron chi connectivity index (χ4n) is 4.17. The fourth-order valence-corrected chi connectivity index (χ4v) is 5.13. The highest BCUT2D eigenvalue weighted by Gasteiger charge is 2.19. The highest BCUT2D eigenvalue weighted by atomic mass is 32.2. The van der Waals surface area contributed by atoms with Crippen LogP contribution in [-0.4, -0.2) is 27.1 Å². The third-order valence-electron chi connectivity index (χ3n) is 6.19. The van der Waals surface area contributed by atoms with E-state index in [0.717, 1.165) is 29.5 Å². The minimum atomic E-state index is -3.42. The van der Waals surface area contributed by atoms with Gasteiger partial charge in [-0.1, -0.05) is 24.3 Å². The number of rotatable bonds is 8. The van der Waals surface area contributed by atoms with Crippen LogP contribution in [0.5, 0.6) is 0 Å². The van der Waals surface area contributed by atoms with E-state index in [1.165, 1.54) is 34.5 Å². The molecule has 31 heavy (non-hydrogen) atoms. The summed E-state index contributed by atoms with van der Waals surface area (Å²) >= 11 is 0. The average molecular weight is 443 g/mol. The molecule has 1 aliphatic rings. The predicted molar refractivity (Wildman–Crippen MR) is 127 cm³/mol. The normalized spacial score (nSPS) is 14.6. The van der Waals surface area contributed by atoms with Crippen LogP contribution in [-0.2, 0) is 27.7 Å². The molecule has 0 saturated heterocycles. The lowest BCUT2D eigenvalue weighted by Gasteiger charge is -2.23. The van der Waals surface area contributed by atoms with E-state index in [9.17, 15) is 13.2 Å². The molecule has 2 aromatic rings. The van der Waals surface area contributed by atoms with Gasteiger partial charge >= 0.3 is 0 Å². The fraction of sp³-hybridized carbons (Fsp3) is 0.480. The number of nitrogens with one attached hydrogen (secondary N) is 1. The van der Waals surface area contributed by atoms with E-state index >= 15 is 0 Å². The van der Waals surface area contributed by atoms with Crippen molar-refractivity contribution in [3.8, 4) is 0 Å². The van der Waals surface area contributed by atoms with Crippen molar-refractivity contribution < 1.29 is 13.2 Å². The lowest BCUT2D eigenvalue weighted by atomic mass is 9.89. The Morgan fingerprint density at radius 1 is 1.03 bits per heavy atom. The summed E-state index contributed by atoms with van der Waals surface area (Å²) in [7, 11) is -3.42. The van der Waals surface area contributed by atoms with E-state index < -0.39 is 10.0 Å². The van der Waals surface area contributed by atoms with Gasteiger partial charge in [-0.05, 0) is 92.8 Å². The highest BCUT2D eigenvalue weighted by molar-refractivity contribution is 7.92. The smallest absolute Gasteiger partial charge is 0.232 e. The van der Waals surface area contributed by atoms with Crippen molar-refractivity contribution in [1.82, 2.24) is 5.32 Å². The van der Waals surface area contributed by atoms with E-state index in [1.54, 1.807) is 0 Å². The Bertz CT molecular complexity index is 1050. The molecular weight excluding hydrogens is 408 g/mol. The molecule has 0 radical (unpaired) electrons. The molecular formula is C25H34N2O3S. The molecule has 0 aromatic heterocycles. The molecule has 1 amide bonds. The molecule has 0 fully saturated rings. The average Bonchev–Trinajstić information content (AvgIpc) is 2.72. The number of hydrogen-bond acceptors (Lipinski definition) is 3. The van der Waals surface area contributed by atoms with Gasteiger partial charge in [0.05, 0.1) is 18.0 Å². The zero-order valence-electron chi connectivity index (χ0n) is 19.1. The largest absolute Gasteiger partial charge is 0.350 e. The summed E-state index contributed by atoms with van der Waals surface area (Å²) < 4.78 is 26.0. The van der Waals surface area contributed by atoms with Crippen molar-refractivity contribution in [3.05, 3.63) is 64.2 Å². The van der Waals surface area contributed by atoms with Crippen LogP contribution in [0.1, 0.15) is 66.5 Å². The first-order valence-corrected chi connectivity index (χ1v) is 13.0. The van der Waals surface area contributed by atoms with Gasteiger partial charge in [-0.2, -0.15) is 0 Å². The van der Waals surface area contributed by atoms with Crippen LogP contribution < -0.4 is 9.62 Å². The third-order valence-corrected chi connectivity index (χ3v) is 7.39. The highest BCUT2D eigenvalue weighted by Crippen LogP contribution is 2.25. The lowest BCUT2D eigenvalue weighted by Crippen LogP contribution is -2.32. The van der Waals surface area contributed by atoms with E-state index in [-0.39, 0.29) is 24.9 Å². The zero-order valence-corrected chi connectivity index (χ0v) is 19.9. The van der Waals surface area contributed by atoms with Gasteiger partial charge in [-0.25, -0.2) is 8.42 Å². The molecule has 0 saturated carbocycles. The van der Waals surface area contributed by atoms with Crippen LogP contribution in [0.4, 0.5) is 5.69 Å². The Morgan fingerprint density at radius 3 is 2.42 bits per heavy atom. The maximum atomic E-state index is 12.5. The second kappa shape index (κ2) is 9.86. The van der Waals surface area contributed by atoms with Crippen molar-refractivity contribution in [2.75, 3.05) is 17.1 Å². The SMILES string of the molecule is Cc1ccc(N(CCCC(=O)N[C@H](C)c2ccc3c(c2)CCCC3)S(C)(=O)=O)cc1C. The summed E-state index contributed by atoms with van der Waals surface area (Å²) in [5.41, 5.74) is 6.77. The Morgan fingerprint density at radius 2 is 1.74 bits per heavy atom. The third kappa shape index (κ3) is 6.10. The number of sulfonamides is 1. The Hall–Kier alpha value is -2.34. The van der Waals surface area contributed by atoms with Crippen LogP contribution in [0.2, 0.25) is 0 Å². The van der Waals surface area contributed by atoms with Gasteiger partial charge in [0, 0.05) is 13.0 Å². The molecule has 0 spiro atoms. The van der Waals surface area contributed by atoms with Crippen LogP contribution in [0.15, 0.2) is 36.4 Å². The standard InChI is InChI=1S/C25H34N2O3S/c1-18-11-14-24(16-19(18)2)27(31(4,29)30)15-7-10-25(28)26-20(3)22-13-12-21-8-5-6-9-23(21)17-22/h11-14,16-17,20H,5-10,15H2,1-4H3,(H,26,28)/t20-/m1/s1. The van der Waals surface area contributed by atoms with Gasteiger partial charge in [0.2, 0.25) is 15.9 Å². The molecule has 0 aliphatic heterocycles. The quantitative estimate of drug-likeness (QED) is 0.649. The first kappa shape index (κ1) is 23.3. The van der Waals surface area contributed by atoms with Gasteiger partial charge in [0.1, 0.15) is 0 Å². The molecule has 3 rings (SSSR count). The van der Waals surface area contributed by atoms with E-state index in [0.29, 0.717) is 12.1 Å². The molecule has 2 aromatic carbocycles. The van der Waals surface area contributed by atoms with Gasteiger partial charge in [-0.3, -0.25) is 9.10 Å². The predicted octanol–water partition coefficient (Wildman–Crippen LogP) is 4.61. The van der Waals surface area contributed by atoms with E-state index in [4.69, 9.17) is 0 Å². The summed E-state index contributed by atoms with van der Waals surface area (Å²) in [4.78, 5) is 12.5. The Balaban J connectivity index is 1.57. The van der Waals surface area contributed by atoms with Crippen LogP contribution in [0.25, 0.3) is 0 Å². The maximum Gasteiger partial charge on any atom is 0.232 e. The molecule has 1 N–H and O–H groups in total. The molecule has 0 unspecified atom stereocenters. The minimum Gasteiger partial charge on any atom is -0.350 e. The summed E-state index contributed by atoms with van der Waals surface area (Å²) in [5.74, 6) is -0.0567. The first-order valence-electron chi connectivity index (χ1n) is 11.1. The van der Waals surface area contributed by atoms with Crippen LogP contribution in [0, 0.1) is 13.8 Å². The second-order valence-electron chi connectivity index (χ2n) is 8.73. The topological polar surface area (TPSA) is 66.5 Å². The summed E-state index contributed by atoms with van der Waals surface area (Å²) in [6.45, 7) is 6.25. The molecule has 1 atom stereocenters. The number of carbonyl (C=O) groups is 1. The molecule has 168 valence electrons. The Kier molecular flexibility index (Phi) is 7.42. The molecule has 5 nitrogen and oxygen atoms in total. The number of hydrogen-bond donors (Lipinski definition) is 1. The summed E-state index contributed by atoms with van der Waals surface area (Å²) in [6.07, 6.45) is 6.70.